The lowest BCUT2D eigenvalue weighted by molar-refractivity contribution is -0.123. The zero-order chi connectivity index (χ0) is 24.5. The summed E-state index contributed by atoms with van der Waals surface area (Å²) in [6.07, 6.45) is 0.930. The molecule has 0 saturated carbocycles. The summed E-state index contributed by atoms with van der Waals surface area (Å²) >= 11 is 0. The number of rotatable bonds is 8. The highest BCUT2D eigenvalue weighted by Gasteiger charge is 2.29. The van der Waals surface area contributed by atoms with Crippen molar-refractivity contribution in [3.05, 3.63) is 47.5 Å². The Kier molecular flexibility index (Phi) is 6.81. The molecule has 2 N–H and O–H groups in total. The zero-order valence-electron chi connectivity index (χ0n) is 19.5. The topological polar surface area (TPSA) is 114 Å². The number of hydrogen-bond donors (Lipinski definition) is 2. The van der Waals surface area contributed by atoms with E-state index in [-0.39, 0.29) is 30.1 Å². The molecule has 34 heavy (non-hydrogen) atoms. The predicted octanol–water partition coefficient (Wildman–Crippen LogP) is 2.33. The summed E-state index contributed by atoms with van der Waals surface area (Å²) in [6.45, 7) is 6.26. The van der Waals surface area contributed by atoms with Crippen molar-refractivity contribution in [2.24, 2.45) is 5.92 Å². The van der Waals surface area contributed by atoms with Gasteiger partial charge in [-0.25, -0.2) is 8.42 Å². The molecule has 9 nitrogen and oxygen atoms in total. The molecule has 1 atom stereocenters. The van der Waals surface area contributed by atoms with Crippen LogP contribution in [0.25, 0.3) is 0 Å². The summed E-state index contributed by atoms with van der Waals surface area (Å²) < 4.78 is 39.5. The summed E-state index contributed by atoms with van der Waals surface area (Å²) in [4.78, 5) is 26.4. The molecule has 4 rings (SSSR count). The van der Waals surface area contributed by atoms with E-state index in [1.54, 1.807) is 29.2 Å². The van der Waals surface area contributed by atoms with Gasteiger partial charge in [-0.05, 0) is 60.2 Å². The molecule has 2 heterocycles. The van der Waals surface area contributed by atoms with E-state index in [1.165, 1.54) is 13.0 Å². The summed E-state index contributed by atoms with van der Waals surface area (Å²) in [5.41, 5.74) is 2.34. The minimum Gasteiger partial charge on any atom is -0.454 e. The number of hydrogen-bond acceptors (Lipinski definition) is 6. The Balaban J connectivity index is 1.47. The Morgan fingerprint density at radius 3 is 2.59 bits per heavy atom. The van der Waals surface area contributed by atoms with Crippen molar-refractivity contribution in [2.75, 3.05) is 18.2 Å². The molecule has 0 aliphatic carbocycles. The summed E-state index contributed by atoms with van der Waals surface area (Å²) in [7, 11) is -3.95. The minimum atomic E-state index is -3.95. The molecule has 0 unspecified atom stereocenters. The standard InChI is InChI=1S/C24H29N3O6S/c1-15(2)10-20(24(29)25-13-17-4-7-22-23(11-17)33-14-32-22)26-34(30,31)19-5-6-21-18(12-19)8-9-27(21)16(3)28/h4-7,11-12,15,20,26H,8-10,13-14H2,1-3H3,(H,25,29)/t20-/m0/s1. The summed E-state index contributed by atoms with van der Waals surface area (Å²) in [5.74, 6) is 0.878. The Hall–Kier alpha value is -3.11. The monoisotopic (exact) mass is 487 g/mol. The maximum atomic E-state index is 13.1. The molecule has 0 spiro atoms. The van der Waals surface area contributed by atoms with Crippen LogP contribution in [0.15, 0.2) is 41.3 Å². The van der Waals surface area contributed by atoms with Crippen molar-refractivity contribution in [1.29, 1.82) is 0 Å². The third-order valence-electron chi connectivity index (χ3n) is 5.86. The third-order valence-corrected chi connectivity index (χ3v) is 7.33. The van der Waals surface area contributed by atoms with Gasteiger partial charge in [0, 0.05) is 25.7 Å². The first-order valence-corrected chi connectivity index (χ1v) is 12.7. The average Bonchev–Trinajstić information content (AvgIpc) is 3.42. The Bertz CT molecular complexity index is 1210. The average molecular weight is 488 g/mol. The summed E-state index contributed by atoms with van der Waals surface area (Å²) in [5, 5.41) is 2.82. The number of benzene rings is 2. The van der Waals surface area contributed by atoms with Gasteiger partial charge < -0.3 is 19.7 Å². The predicted molar refractivity (Wildman–Crippen MR) is 126 cm³/mol. The van der Waals surface area contributed by atoms with Crippen LogP contribution in [0.5, 0.6) is 11.5 Å². The first-order valence-electron chi connectivity index (χ1n) is 11.2. The van der Waals surface area contributed by atoms with Gasteiger partial charge >= 0.3 is 0 Å². The van der Waals surface area contributed by atoms with Crippen LogP contribution >= 0.6 is 0 Å². The molecule has 0 fully saturated rings. The molecule has 2 amide bonds. The second kappa shape index (κ2) is 9.63. The van der Waals surface area contributed by atoms with E-state index in [0.29, 0.717) is 30.9 Å². The number of sulfonamides is 1. The van der Waals surface area contributed by atoms with Gasteiger partial charge in [0.15, 0.2) is 11.5 Å². The molecule has 10 heteroatoms. The van der Waals surface area contributed by atoms with Crippen LogP contribution < -0.4 is 24.4 Å². The quantitative estimate of drug-likeness (QED) is 0.591. The molecule has 0 saturated heterocycles. The molecule has 0 aromatic heterocycles. The number of nitrogens with zero attached hydrogens (tertiary/aromatic N) is 1. The van der Waals surface area contributed by atoms with Gasteiger partial charge in [-0.1, -0.05) is 19.9 Å². The molecular formula is C24H29N3O6S. The van der Waals surface area contributed by atoms with Crippen LogP contribution in [0.2, 0.25) is 0 Å². The van der Waals surface area contributed by atoms with Crippen molar-refractivity contribution in [3.63, 3.8) is 0 Å². The van der Waals surface area contributed by atoms with Gasteiger partial charge in [-0.15, -0.1) is 0 Å². The van der Waals surface area contributed by atoms with Crippen LogP contribution in [0.1, 0.15) is 38.3 Å². The van der Waals surface area contributed by atoms with Gasteiger partial charge in [0.25, 0.3) is 0 Å². The van der Waals surface area contributed by atoms with Crippen LogP contribution in [-0.2, 0) is 32.6 Å². The molecule has 2 aliphatic heterocycles. The normalized spacial score (nSPS) is 15.4. The number of ether oxygens (including phenoxy) is 2. The van der Waals surface area contributed by atoms with E-state index in [9.17, 15) is 18.0 Å². The van der Waals surface area contributed by atoms with Gasteiger partial charge in [0.05, 0.1) is 4.90 Å². The van der Waals surface area contributed by atoms with E-state index >= 15 is 0 Å². The fraction of sp³-hybridized carbons (Fsp3) is 0.417. The summed E-state index contributed by atoms with van der Waals surface area (Å²) in [6, 6.07) is 9.16. The number of anilines is 1. The van der Waals surface area contributed by atoms with Crippen molar-refractivity contribution >= 4 is 27.5 Å². The SMILES string of the molecule is CC(=O)N1CCc2cc(S(=O)(=O)N[C@@H](CC(C)C)C(=O)NCc3ccc4c(c3)OCO4)ccc21. The molecule has 182 valence electrons. The van der Waals surface area contributed by atoms with E-state index in [1.807, 2.05) is 19.9 Å². The van der Waals surface area contributed by atoms with Crippen molar-refractivity contribution in [1.82, 2.24) is 10.0 Å². The second-order valence-electron chi connectivity index (χ2n) is 8.92. The lowest BCUT2D eigenvalue weighted by atomic mass is 10.0. The Morgan fingerprint density at radius 2 is 1.85 bits per heavy atom. The van der Waals surface area contributed by atoms with E-state index in [0.717, 1.165) is 16.8 Å². The van der Waals surface area contributed by atoms with E-state index < -0.39 is 22.0 Å². The van der Waals surface area contributed by atoms with Crippen LogP contribution in [0, 0.1) is 5.92 Å². The first-order chi connectivity index (χ1) is 16.1. The van der Waals surface area contributed by atoms with Gasteiger partial charge in [-0.2, -0.15) is 4.72 Å². The second-order valence-corrected chi connectivity index (χ2v) is 10.6. The minimum absolute atomic E-state index is 0.0778. The highest BCUT2D eigenvalue weighted by Crippen LogP contribution is 2.32. The highest BCUT2D eigenvalue weighted by atomic mass is 32.2. The smallest absolute Gasteiger partial charge is 0.241 e. The number of nitrogens with one attached hydrogen (secondary N) is 2. The molecule has 0 bridgehead atoms. The van der Waals surface area contributed by atoms with Gasteiger partial charge in [-0.3, -0.25) is 9.59 Å². The highest BCUT2D eigenvalue weighted by molar-refractivity contribution is 7.89. The van der Waals surface area contributed by atoms with Crippen LogP contribution in [-0.4, -0.2) is 39.6 Å². The van der Waals surface area contributed by atoms with E-state index in [2.05, 4.69) is 10.0 Å². The van der Waals surface area contributed by atoms with Crippen LogP contribution in [0.4, 0.5) is 5.69 Å². The molecule has 0 radical (unpaired) electrons. The number of carbonyl (C=O) groups excluding carboxylic acids is 2. The Morgan fingerprint density at radius 1 is 1.09 bits per heavy atom. The number of carbonyl (C=O) groups is 2. The number of amides is 2. The molecule has 2 aromatic rings. The van der Waals surface area contributed by atoms with Crippen LogP contribution in [0.3, 0.4) is 0 Å². The fourth-order valence-electron chi connectivity index (χ4n) is 4.17. The van der Waals surface area contributed by atoms with E-state index in [4.69, 9.17) is 9.47 Å². The molecule has 2 aromatic carbocycles. The number of fused-ring (bicyclic) bond motifs is 2. The first kappa shape index (κ1) is 24.0. The van der Waals surface area contributed by atoms with Gasteiger partial charge in [0.2, 0.25) is 28.6 Å². The zero-order valence-corrected chi connectivity index (χ0v) is 20.3. The van der Waals surface area contributed by atoms with Crippen molar-refractivity contribution < 1.29 is 27.5 Å². The van der Waals surface area contributed by atoms with Crippen molar-refractivity contribution in [3.8, 4) is 11.5 Å². The maximum absolute atomic E-state index is 13.1. The maximum Gasteiger partial charge on any atom is 0.241 e. The molecule has 2 aliphatic rings. The Labute approximate surface area is 199 Å². The largest absolute Gasteiger partial charge is 0.454 e. The van der Waals surface area contributed by atoms with Gasteiger partial charge in [0.1, 0.15) is 6.04 Å². The molecular weight excluding hydrogens is 458 g/mol. The lowest BCUT2D eigenvalue weighted by Gasteiger charge is -2.21. The fourth-order valence-corrected chi connectivity index (χ4v) is 5.43. The lowest BCUT2D eigenvalue weighted by Crippen LogP contribution is -2.47. The third kappa shape index (κ3) is 5.18. The van der Waals surface area contributed by atoms with Crippen molar-refractivity contribution in [2.45, 2.75) is 51.1 Å².